The van der Waals surface area contributed by atoms with Gasteiger partial charge in [0, 0.05) is 3.57 Å². The Kier molecular flexibility index (Phi) is 5.96. The van der Waals surface area contributed by atoms with Crippen LogP contribution in [-0.2, 0) is 11.2 Å². The number of hydrogen-bond acceptors (Lipinski definition) is 2. The van der Waals surface area contributed by atoms with Crippen molar-refractivity contribution in [1.29, 1.82) is 0 Å². The normalized spacial score (nSPS) is 10.0. The molecular formula is C15H12ClIN2OS. The van der Waals surface area contributed by atoms with Crippen LogP contribution in [0.1, 0.15) is 5.56 Å². The molecule has 0 bridgehead atoms. The molecule has 0 aliphatic rings. The van der Waals surface area contributed by atoms with E-state index < -0.39 is 0 Å². The number of thiocarbonyl (C=S) groups is 1. The highest BCUT2D eigenvalue weighted by molar-refractivity contribution is 14.1. The monoisotopic (exact) mass is 430 g/mol. The maximum absolute atomic E-state index is 11.9. The van der Waals surface area contributed by atoms with Crippen molar-refractivity contribution in [2.75, 3.05) is 5.32 Å². The molecule has 0 unspecified atom stereocenters. The van der Waals surface area contributed by atoms with E-state index in [2.05, 4.69) is 33.2 Å². The van der Waals surface area contributed by atoms with Gasteiger partial charge in [-0.15, -0.1) is 0 Å². The van der Waals surface area contributed by atoms with Gasteiger partial charge in [0.05, 0.1) is 17.1 Å². The predicted molar refractivity (Wildman–Crippen MR) is 98.7 cm³/mol. The molecule has 0 aliphatic heterocycles. The summed E-state index contributed by atoms with van der Waals surface area (Å²) >= 11 is 13.4. The van der Waals surface area contributed by atoms with E-state index in [4.69, 9.17) is 23.8 Å². The molecule has 0 aliphatic carbocycles. The van der Waals surface area contributed by atoms with E-state index in [0.29, 0.717) is 10.7 Å². The van der Waals surface area contributed by atoms with E-state index in [1.807, 2.05) is 48.5 Å². The maximum Gasteiger partial charge on any atom is 0.230 e. The van der Waals surface area contributed by atoms with E-state index >= 15 is 0 Å². The molecule has 3 nitrogen and oxygen atoms in total. The zero-order valence-corrected chi connectivity index (χ0v) is 14.6. The SMILES string of the molecule is O=C(Cc1ccccc1)NC(=S)Nc1ccc(I)cc1Cl. The Morgan fingerprint density at radius 1 is 1.19 bits per heavy atom. The Balaban J connectivity index is 1.91. The smallest absolute Gasteiger partial charge is 0.230 e. The first kappa shape index (κ1) is 16.2. The fourth-order valence-electron chi connectivity index (χ4n) is 1.70. The van der Waals surface area contributed by atoms with Gasteiger partial charge in [0.15, 0.2) is 5.11 Å². The summed E-state index contributed by atoms with van der Waals surface area (Å²) in [6, 6.07) is 15.0. The molecule has 2 rings (SSSR count). The lowest BCUT2D eigenvalue weighted by Crippen LogP contribution is -2.35. The summed E-state index contributed by atoms with van der Waals surface area (Å²) in [6.07, 6.45) is 0.281. The fourth-order valence-corrected chi connectivity index (χ4v) is 2.82. The number of rotatable bonds is 3. The molecule has 2 aromatic carbocycles. The molecule has 108 valence electrons. The molecule has 2 N–H and O–H groups in total. The standard InChI is InChI=1S/C15H12ClIN2OS/c16-12-9-11(17)6-7-13(12)18-15(21)19-14(20)8-10-4-2-1-3-5-10/h1-7,9H,8H2,(H2,18,19,20,21). The molecule has 0 spiro atoms. The number of hydrogen-bond donors (Lipinski definition) is 2. The number of halogens is 2. The van der Waals surface area contributed by atoms with Gasteiger partial charge in [-0.3, -0.25) is 4.79 Å². The molecule has 0 saturated carbocycles. The van der Waals surface area contributed by atoms with E-state index in [9.17, 15) is 4.79 Å². The van der Waals surface area contributed by atoms with Gasteiger partial charge in [-0.25, -0.2) is 0 Å². The molecule has 6 heteroatoms. The van der Waals surface area contributed by atoms with Crippen LogP contribution in [0.25, 0.3) is 0 Å². The van der Waals surface area contributed by atoms with E-state index in [-0.39, 0.29) is 17.4 Å². The van der Waals surface area contributed by atoms with Crippen molar-refractivity contribution in [3.8, 4) is 0 Å². The van der Waals surface area contributed by atoms with Gasteiger partial charge in [0.1, 0.15) is 0 Å². The maximum atomic E-state index is 11.9. The molecule has 0 fully saturated rings. The van der Waals surface area contributed by atoms with Crippen molar-refractivity contribution < 1.29 is 4.79 Å². The van der Waals surface area contributed by atoms with Gasteiger partial charge >= 0.3 is 0 Å². The van der Waals surface area contributed by atoms with Gasteiger partial charge in [-0.05, 0) is 58.6 Å². The second-order valence-electron chi connectivity index (χ2n) is 4.29. The molecule has 0 radical (unpaired) electrons. The van der Waals surface area contributed by atoms with Crippen LogP contribution in [0.4, 0.5) is 5.69 Å². The van der Waals surface area contributed by atoms with Crippen LogP contribution in [-0.4, -0.2) is 11.0 Å². The lowest BCUT2D eigenvalue weighted by atomic mass is 10.1. The lowest BCUT2D eigenvalue weighted by Gasteiger charge is -2.11. The van der Waals surface area contributed by atoms with Crippen LogP contribution in [0.5, 0.6) is 0 Å². The Morgan fingerprint density at radius 3 is 2.57 bits per heavy atom. The van der Waals surface area contributed by atoms with Crippen molar-refractivity contribution in [3.63, 3.8) is 0 Å². The van der Waals surface area contributed by atoms with Gasteiger partial charge in [-0.2, -0.15) is 0 Å². The third kappa shape index (κ3) is 5.26. The topological polar surface area (TPSA) is 41.1 Å². The molecule has 21 heavy (non-hydrogen) atoms. The Labute approximate surface area is 147 Å². The predicted octanol–water partition coefficient (Wildman–Crippen LogP) is 4.00. The molecular weight excluding hydrogens is 419 g/mol. The van der Waals surface area contributed by atoms with Crippen molar-refractivity contribution in [1.82, 2.24) is 5.32 Å². The summed E-state index contributed by atoms with van der Waals surface area (Å²) in [5.41, 5.74) is 1.60. The number of carbonyl (C=O) groups is 1. The molecule has 0 saturated heterocycles. The quantitative estimate of drug-likeness (QED) is 0.571. The van der Waals surface area contributed by atoms with Gasteiger partial charge in [-0.1, -0.05) is 41.9 Å². The van der Waals surface area contributed by atoms with Crippen LogP contribution in [0.15, 0.2) is 48.5 Å². The average Bonchev–Trinajstić information content (AvgIpc) is 2.43. The first-order valence-corrected chi connectivity index (χ1v) is 8.01. The third-order valence-electron chi connectivity index (χ3n) is 2.64. The highest BCUT2D eigenvalue weighted by Gasteiger charge is 2.07. The molecule has 0 aromatic heterocycles. The second kappa shape index (κ2) is 7.72. The summed E-state index contributed by atoms with van der Waals surface area (Å²) in [6.45, 7) is 0. The highest BCUT2D eigenvalue weighted by Crippen LogP contribution is 2.23. The van der Waals surface area contributed by atoms with Gasteiger partial charge in [0.2, 0.25) is 5.91 Å². The summed E-state index contributed by atoms with van der Waals surface area (Å²) in [5.74, 6) is -0.166. The fraction of sp³-hybridized carbons (Fsp3) is 0.0667. The van der Waals surface area contributed by atoms with Crippen molar-refractivity contribution >= 4 is 63.1 Å². The van der Waals surface area contributed by atoms with Crippen LogP contribution >= 0.6 is 46.4 Å². The number of amides is 1. The first-order chi connectivity index (χ1) is 10.0. The van der Waals surface area contributed by atoms with Crippen molar-refractivity contribution in [3.05, 3.63) is 62.7 Å². The van der Waals surface area contributed by atoms with E-state index in [0.717, 1.165) is 9.13 Å². The minimum Gasteiger partial charge on any atom is -0.331 e. The summed E-state index contributed by atoms with van der Waals surface area (Å²) < 4.78 is 1.03. The summed E-state index contributed by atoms with van der Waals surface area (Å²) in [7, 11) is 0. The first-order valence-electron chi connectivity index (χ1n) is 6.14. The zero-order valence-electron chi connectivity index (χ0n) is 10.9. The van der Waals surface area contributed by atoms with Crippen LogP contribution in [0.3, 0.4) is 0 Å². The number of anilines is 1. The number of benzene rings is 2. The number of nitrogens with one attached hydrogen (secondary N) is 2. The third-order valence-corrected chi connectivity index (χ3v) is 3.83. The van der Waals surface area contributed by atoms with Crippen LogP contribution in [0, 0.1) is 3.57 Å². The zero-order chi connectivity index (χ0) is 15.2. The minimum atomic E-state index is -0.166. The molecule has 1 amide bonds. The Morgan fingerprint density at radius 2 is 1.90 bits per heavy atom. The average molecular weight is 431 g/mol. The summed E-state index contributed by atoms with van der Waals surface area (Å²) in [4.78, 5) is 11.9. The Bertz CT molecular complexity index is 664. The summed E-state index contributed by atoms with van der Waals surface area (Å²) in [5, 5.41) is 6.35. The van der Waals surface area contributed by atoms with Gasteiger partial charge < -0.3 is 10.6 Å². The second-order valence-corrected chi connectivity index (χ2v) is 6.35. The van der Waals surface area contributed by atoms with Crippen molar-refractivity contribution in [2.45, 2.75) is 6.42 Å². The molecule has 0 heterocycles. The molecule has 0 atom stereocenters. The van der Waals surface area contributed by atoms with Crippen molar-refractivity contribution in [2.24, 2.45) is 0 Å². The van der Waals surface area contributed by atoms with Crippen LogP contribution < -0.4 is 10.6 Å². The number of carbonyl (C=O) groups excluding carboxylic acids is 1. The molecule has 2 aromatic rings. The Hall–Kier alpha value is -1.18. The van der Waals surface area contributed by atoms with E-state index in [1.165, 1.54) is 0 Å². The lowest BCUT2D eigenvalue weighted by molar-refractivity contribution is -0.119. The van der Waals surface area contributed by atoms with Gasteiger partial charge in [0.25, 0.3) is 0 Å². The van der Waals surface area contributed by atoms with E-state index in [1.54, 1.807) is 0 Å². The highest BCUT2D eigenvalue weighted by atomic mass is 127. The minimum absolute atomic E-state index is 0.166. The largest absolute Gasteiger partial charge is 0.331 e. The van der Waals surface area contributed by atoms with Crippen LogP contribution in [0.2, 0.25) is 5.02 Å².